The molecular weight excluding hydrogens is 177 g/mol. The molecule has 14 heavy (non-hydrogen) atoms. The molecule has 1 nitrogen and oxygen atoms in total. The number of nitrogens with one attached hydrogen (secondary N) is 1. The summed E-state index contributed by atoms with van der Waals surface area (Å²) in [7, 11) is 0. The lowest BCUT2D eigenvalue weighted by Gasteiger charge is -2.11. The Morgan fingerprint density at radius 3 is 2.71 bits per heavy atom. The molecule has 0 spiro atoms. The monoisotopic (exact) mass is 195 g/mol. The van der Waals surface area contributed by atoms with Crippen LogP contribution in [0.25, 0.3) is 0 Å². The second kappa shape index (κ2) is 5.76. The molecule has 1 N–H and O–H groups in total. The van der Waals surface area contributed by atoms with Gasteiger partial charge in [0.1, 0.15) is 5.82 Å². The van der Waals surface area contributed by atoms with Crippen LogP contribution in [-0.4, -0.2) is 12.6 Å². The van der Waals surface area contributed by atoms with Crippen molar-refractivity contribution in [2.75, 3.05) is 6.54 Å². The molecule has 0 fully saturated rings. The van der Waals surface area contributed by atoms with Gasteiger partial charge in [-0.1, -0.05) is 25.1 Å². The van der Waals surface area contributed by atoms with Crippen LogP contribution in [0.4, 0.5) is 4.39 Å². The third-order valence-electron chi connectivity index (χ3n) is 2.36. The highest BCUT2D eigenvalue weighted by atomic mass is 19.1. The maximum Gasteiger partial charge on any atom is 0.126 e. The first kappa shape index (κ1) is 11.2. The largest absolute Gasteiger partial charge is 0.315 e. The Kier molecular flexibility index (Phi) is 4.60. The van der Waals surface area contributed by atoms with E-state index in [0.717, 1.165) is 24.9 Å². The minimum atomic E-state index is -0.0869. The Morgan fingerprint density at radius 2 is 2.07 bits per heavy atom. The van der Waals surface area contributed by atoms with Crippen molar-refractivity contribution in [2.45, 2.75) is 32.7 Å². The molecule has 78 valence electrons. The van der Waals surface area contributed by atoms with Gasteiger partial charge in [-0.2, -0.15) is 0 Å². The maximum atomic E-state index is 13.2. The van der Waals surface area contributed by atoms with Gasteiger partial charge < -0.3 is 5.32 Å². The molecule has 0 saturated carbocycles. The van der Waals surface area contributed by atoms with E-state index in [9.17, 15) is 4.39 Å². The highest BCUT2D eigenvalue weighted by molar-refractivity contribution is 5.17. The number of benzene rings is 1. The third kappa shape index (κ3) is 3.46. The molecule has 1 aromatic carbocycles. The van der Waals surface area contributed by atoms with E-state index >= 15 is 0 Å². The van der Waals surface area contributed by atoms with Crippen LogP contribution in [0.1, 0.15) is 25.8 Å². The lowest BCUT2D eigenvalue weighted by Crippen LogP contribution is -2.25. The molecule has 0 aliphatic carbocycles. The van der Waals surface area contributed by atoms with Crippen LogP contribution in [-0.2, 0) is 6.42 Å². The molecule has 1 rings (SSSR count). The van der Waals surface area contributed by atoms with Crippen molar-refractivity contribution in [1.82, 2.24) is 5.32 Å². The standard InChI is InChI=1S/C12H18FN/c1-3-14-10(2)8-9-11-6-4-5-7-12(11)13/h4-7,10,14H,3,8-9H2,1-2H3. The lowest BCUT2D eigenvalue weighted by molar-refractivity contribution is 0.520. The molecular formula is C12H18FN. The van der Waals surface area contributed by atoms with Crippen LogP contribution in [0.15, 0.2) is 24.3 Å². The van der Waals surface area contributed by atoms with Crippen molar-refractivity contribution in [3.05, 3.63) is 35.6 Å². The number of hydrogen-bond donors (Lipinski definition) is 1. The first-order valence-corrected chi connectivity index (χ1v) is 5.20. The molecule has 0 aliphatic heterocycles. The normalized spacial score (nSPS) is 12.8. The molecule has 0 saturated heterocycles. The maximum absolute atomic E-state index is 13.2. The Labute approximate surface area is 85.3 Å². The molecule has 0 radical (unpaired) electrons. The molecule has 0 aliphatic rings. The summed E-state index contributed by atoms with van der Waals surface area (Å²) in [5.41, 5.74) is 0.817. The van der Waals surface area contributed by atoms with E-state index < -0.39 is 0 Å². The van der Waals surface area contributed by atoms with Gasteiger partial charge in [0.15, 0.2) is 0 Å². The minimum Gasteiger partial charge on any atom is -0.315 e. The summed E-state index contributed by atoms with van der Waals surface area (Å²) < 4.78 is 13.2. The Balaban J connectivity index is 2.41. The quantitative estimate of drug-likeness (QED) is 0.761. The first-order chi connectivity index (χ1) is 6.74. The van der Waals surface area contributed by atoms with Crippen LogP contribution in [0, 0.1) is 5.82 Å². The average Bonchev–Trinajstić information content (AvgIpc) is 2.17. The Bertz CT molecular complexity index is 273. The predicted molar refractivity (Wildman–Crippen MR) is 57.9 cm³/mol. The topological polar surface area (TPSA) is 12.0 Å². The number of halogens is 1. The zero-order valence-corrected chi connectivity index (χ0v) is 8.89. The van der Waals surface area contributed by atoms with Crippen LogP contribution in [0.2, 0.25) is 0 Å². The highest BCUT2D eigenvalue weighted by Crippen LogP contribution is 2.09. The molecule has 2 heteroatoms. The van der Waals surface area contributed by atoms with E-state index in [1.165, 1.54) is 6.07 Å². The van der Waals surface area contributed by atoms with E-state index in [4.69, 9.17) is 0 Å². The number of aryl methyl sites for hydroxylation is 1. The summed E-state index contributed by atoms with van der Waals surface area (Å²) in [6, 6.07) is 7.45. The summed E-state index contributed by atoms with van der Waals surface area (Å²) in [4.78, 5) is 0. The molecule has 0 amide bonds. The van der Waals surface area contributed by atoms with E-state index in [-0.39, 0.29) is 5.82 Å². The van der Waals surface area contributed by atoms with Gasteiger partial charge in [-0.3, -0.25) is 0 Å². The van der Waals surface area contributed by atoms with Gasteiger partial charge >= 0.3 is 0 Å². The van der Waals surface area contributed by atoms with Crippen molar-refractivity contribution in [2.24, 2.45) is 0 Å². The summed E-state index contributed by atoms with van der Waals surface area (Å²) in [6.45, 7) is 5.18. The second-order valence-corrected chi connectivity index (χ2v) is 3.59. The van der Waals surface area contributed by atoms with E-state index in [1.54, 1.807) is 6.07 Å². The number of hydrogen-bond acceptors (Lipinski definition) is 1. The van der Waals surface area contributed by atoms with Gasteiger partial charge in [-0.05, 0) is 37.9 Å². The van der Waals surface area contributed by atoms with Gasteiger partial charge in [-0.15, -0.1) is 0 Å². The van der Waals surface area contributed by atoms with Gasteiger partial charge in [0.25, 0.3) is 0 Å². The van der Waals surface area contributed by atoms with Gasteiger partial charge in [0.2, 0.25) is 0 Å². The van der Waals surface area contributed by atoms with Crippen LogP contribution >= 0.6 is 0 Å². The molecule has 0 aromatic heterocycles. The molecule has 1 aromatic rings. The van der Waals surface area contributed by atoms with E-state index in [1.807, 2.05) is 12.1 Å². The highest BCUT2D eigenvalue weighted by Gasteiger charge is 2.03. The zero-order chi connectivity index (χ0) is 10.4. The van der Waals surface area contributed by atoms with Gasteiger partial charge in [0.05, 0.1) is 0 Å². The molecule has 0 bridgehead atoms. The molecule has 1 atom stereocenters. The van der Waals surface area contributed by atoms with Gasteiger partial charge in [-0.25, -0.2) is 4.39 Å². The third-order valence-corrected chi connectivity index (χ3v) is 2.36. The zero-order valence-electron chi connectivity index (χ0n) is 8.89. The van der Waals surface area contributed by atoms with Crippen molar-refractivity contribution in [3.8, 4) is 0 Å². The van der Waals surface area contributed by atoms with Crippen LogP contribution < -0.4 is 5.32 Å². The summed E-state index contributed by atoms with van der Waals surface area (Å²) in [5.74, 6) is -0.0869. The molecule has 1 unspecified atom stereocenters. The smallest absolute Gasteiger partial charge is 0.126 e. The fourth-order valence-electron chi connectivity index (χ4n) is 1.52. The summed E-state index contributed by atoms with van der Waals surface area (Å²) >= 11 is 0. The summed E-state index contributed by atoms with van der Waals surface area (Å²) in [6.07, 6.45) is 1.79. The first-order valence-electron chi connectivity index (χ1n) is 5.20. The SMILES string of the molecule is CCNC(C)CCc1ccccc1F. The van der Waals surface area contributed by atoms with Crippen LogP contribution in [0.5, 0.6) is 0 Å². The van der Waals surface area contributed by atoms with Crippen molar-refractivity contribution < 1.29 is 4.39 Å². The second-order valence-electron chi connectivity index (χ2n) is 3.59. The predicted octanol–water partition coefficient (Wildman–Crippen LogP) is 2.76. The fraction of sp³-hybridized carbons (Fsp3) is 0.500. The van der Waals surface area contributed by atoms with Gasteiger partial charge in [0, 0.05) is 6.04 Å². The van der Waals surface area contributed by atoms with Crippen molar-refractivity contribution in [3.63, 3.8) is 0 Å². The van der Waals surface area contributed by atoms with Crippen molar-refractivity contribution >= 4 is 0 Å². The van der Waals surface area contributed by atoms with Crippen molar-refractivity contribution in [1.29, 1.82) is 0 Å². The molecule has 0 heterocycles. The summed E-state index contributed by atoms with van der Waals surface area (Å²) in [5, 5.41) is 3.31. The average molecular weight is 195 g/mol. The Hall–Kier alpha value is -0.890. The number of rotatable bonds is 5. The minimum absolute atomic E-state index is 0.0869. The fourth-order valence-corrected chi connectivity index (χ4v) is 1.52. The lowest BCUT2D eigenvalue weighted by atomic mass is 10.1. The van der Waals surface area contributed by atoms with E-state index in [0.29, 0.717) is 6.04 Å². The Morgan fingerprint density at radius 1 is 1.36 bits per heavy atom. The van der Waals surface area contributed by atoms with Crippen LogP contribution in [0.3, 0.4) is 0 Å². The van der Waals surface area contributed by atoms with E-state index in [2.05, 4.69) is 19.2 Å².